The van der Waals surface area contributed by atoms with Crippen molar-refractivity contribution in [1.82, 2.24) is 15.5 Å². The van der Waals surface area contributed by atoms with E-state index < -0.39 is 0 Å². The molecular formula is C19H20ClN3O. The zero-order valence-electron chi connectivity index (χ0n) is 13.3. The number of aromatic nitrogens is 2. The van der Waals surface area contributed by atoms with Gasteiger partial charge in [-0.2, -0.15) is 4.98 Å². The van der Waals surface area contributed by atoms with Crippen LogP contribution in [-0.4, -0.2) is 16.7 Å². The van der Waals surface area contributed by atoms with Crippen molar-refractivity contribution in [3.63, 3.8) is 0 Å². The fraction of sp³-hybridized carbons (Fsp3) is 0.263. The van der Waals surface area contributed by atoms with Gasteiger partial charge in [0.15, 0.2) is 5.82 Å². The third-order valence-corrected chi connectivity index (χ3v) is 4.40. The molecule has 0 radical (unpaired) electrons. The molecule has 3 aromatic rings. The monoisotopic (exact) mass is 341 g/mol. The molecule has 4 rings (SSSR count). The Morgan fingerprint density at radius 1 is 1.00 bits per heavy atom. The van der Waals surface area contributed by atoms with Crippen molar-refractivity contribution in [3.8, 4) is 0 Å². The van der Waals surface area contributed by atoms with Crippen LogP contribution in [0.3, 0.4) is 0 Å². The third kappa shape index (κ3) is 3.66. The van der Waals surface area contributed by atoms with Gasteiger partial charge in [0.2, 0.25) is 5.89 Å². The maximum Gasteiger partial charge on any atom is 0.231 e. The van der Waals surface area contributed by atoms with Crippen molar-refractivity contribution in [2.75, 3.05) is 6.54 Å². The summed E-state index contributed by atoms with van der Waals surface area (Å²) in [5.74, 6) is 1.96. The highest BCUT2D eigenvalue weighted by atomic mass is 35.5. The highest BCUT2D eigenvalue weighted by Gasteiger charge is 2.29. The average molecular weight is 342 g/mol. The Labute approximate surface area is 147 Å². The third-order valence-electron chi connectivity index (χ3n) is 4.40. The molecule has 0 aliphatic carbocycles. The van der Waals surface area contributed by atoms with E-state index in [1.165, 1.54) is 11.1 Å². The lowest BCUT2D eigenvalue weighted by molar-refractivity contribution is 0.373. The molecule has 1 saturated heterocycles. The van der Waals surface area contributed by atoms with Crippen molar-refractivity contribution in [1.29, 1.82) is 0 Å². The van der Waals surface area contributed by atoms with Gasteiger partial charge < -0.3 is 9.84 Å². The number of rotatable bonds is 4. The molecule has 0 bridgehead atoms. The molecule has 0 spiro atoms. The molecule has 0 amide bonds. The van der Waals surface area contributed by atoms with Crippen LogP contribution in [0.2, 0.25) is 0 Å². The first kappa shape index (κ1) is 16.7. The SMILES string of the molecule is Cl.c1ccc(Cc2nc([C@@H]3C[C@H](c4ccccc4)CN3)no2)cc1. The molecule has 2 heterocycles. The molecule has 2 aromatic carbocycles. The molecule has 5 heteroatoms. The fourth-order valence-electron chi connectivity index (χ4n) is 3.16. The largest absolute Gasteiger partial charge is 0.339 e. The van der Waals surface area contributed by atoms with Gasteiger partial charge in [-0.3, -0.25) is 0 Å². The second kappa shape index (κ2) is 7.60. The highest BCUT2D eigenvalue weighted by molar-refractivity contribution is 5.85. The standard InChI is InChI=1S/C19H19N3O.ClH/c1-3-7-14(8-4-1)11-18-21-19(22-23-18)17-12-16(13-20-17)15-9-5-2-6-10-15;/h1-10,16-17,20H,11-13H2;1H/t16-,17-;/m0./s1. The Kier molecular flexibility index (Phi) is 5.28. The summed E-state index contributed by atoms with van der Waals surface area (Å²) in [5.41, 5.74) is 2.56. The van der Waals surface area contributed by atoms with E-state index in [1.54, 1.807) is 0 Å². The van der Waals surface area contributed by atoms with E-state index in [1.807, 2.05) is 18.2 Å². The smallest absolute Gasteiger partial charge is 0.231 e. The minimum atomic E-state index is 0. The summed E-state index contributed by atoms with van der Waals surface area (Å²) < 4.78 is 5.42. The van der Waals surface area contributed by atoms with Crippen LogP contribution in [0.5, 0.6) is 0 Å². The van der Waals surface area contributed by atoms with Gasteiger partial charge in [-0.1, -0.05) is 65.8 Å². The van der Waals surface area contributed by atoms with Crippen molar-refractivity contribution in [2.24, 2.45) is 0 Å². The van der Waals surface area contributed by atoms with E-state index in [9.17, 15) is 0 Å². The van der Waals surface area contributed by atoms with E-state index in [0.29, 0.717) is 18.2 Å². The van der Waals surface area contributed by atoms with Gasteiger partial charge in [-0.05, 0) is 23.5 Å². The number of nitrogens with zero attached hydrogens (tertiary/aromatic N) is 2. The Balaban J connectivity index is 0.00000169. The molecule has 1 fully saturated rings. The van der Waals surface area contributed by atoms with Crippen LogP contribution in [-0.2, 0) is 6.42 Å². The van der Waals surface area contributed by atoms with Crippen molar-refractivity contribution >= 4 is 12.4 Å². The zero-order chi connectivity index (χ0) is 15.5. The van der Waals surface area contributed by atoms with Gasteiger partial charge in [-0.15, -0.1) is 12.4 Å². The number of hydrogen-bond donors (Lipinski definition) is 1. The predicted molar refractivity (Wildman–Crippen MR) is 95.3 cm³/mol. The molecule has 1 aromatic heterocycles. The number of hydrogen-bond acceptors (Lipinski definition) is 4. The first-order valence-corrected chi connectivity index (χ1v) is 8.03. The Morgan fingerprint density at radius 3 is 2.46 bits per heavy atom. The molecule has 24 heavy (non-hydrogen) atoms. The maximum absolute atomic E-state index is 5.42. The Bertz CT molecular complexity index is 761. The van der Waals surface area contributed by atoms with Crippen molar-refractivity contribution < 1.29 is 4.52 Å². The van der Waals surface area contributed by atoms with Crippen LogP contribution in [0.1, 0.15) is 41.2 Å². The second-order valence-electron chi connectivity index (χ2n) is 6.01. The van der Waals surface area contributed by atoms with Crippen molar-refractivity contribution in [3.05, 3.63) is 83.5 Å². The molecule has 0 unspecified atom stereocenters. The lowest BCUT2D eigenvalue weighted by Gasteiger charge is -2.08. The van der Waals surface area contributed by atoms with Gasteiger partial charge in [0, 0.05) is 6.54 Å². The molecule has 1 aliphatic rings. The van der Waals surface area contributed by atoms with Crippen LogP contribution in [0.25, 0.3) is 0 Å². The van der Waals surface area contributed by atoms with E-state index in [4.69, 9.17) is 4.52 Å². The quantitative estimate of drug-likeness (QED) is 0.782. The maximum atomic E-state index is 5.42. The summed E-state index contributed by atoms with van der Waals surface area (Å²) in [6.07, 6.45) is 1.69. The van der Waals surface area contributed by atoms with E-state index >= 15 is 0 Å². The summed E-state index contributed by atoms with van der Waals surface area (Å²) in [6.45, 7) is 0.956. The normalized spacial score (nSPS) is 19.8. The number of halogens is 1. The van der Waals surface area contributed by atoms with E-state index in [2.05, 4.69) is 57.9 Å². The van der Waals surface area contributed by atoms with Gasteiger partial charge in [0.25, 0.3) is 0 Å². The molecule has 124 valence electrons. The first-order chi connectivity index (χ1) is 11.4. The lowest BCUT2D eigenvalue weighted by Crippen LogP contribution is -2.14. The minimum absolute atomic E-state index is 0. The van der Waals surface area contributed by atoms with Gasteiger partial charge in [0.05, 0.1) is 12.5 Å². The van der Waals surface area contributed by atoms with Gasteiger partial charge in [0.1, 0.15) is 0 Å². The molecular weight excluding hydrogens is 322 g/mol. The van der Waals surface area contributed by atoms with Crippen LogP contribution in [0, 0.1) is 0 Å². The molecule has 1 aliphatic heterocycles. The summed E-state index contributed by atoms with van der Waals surface area (Å²) in [6, 6.07) is 21.0. The van der Waals surface area contributed by atoms with Crippen LogP contribution >= 0.6 is 12.4 Å². The topological polar surface area (TPSA) is 51.0 Å². The summed E-state index contributed by atoms with van der Waals surface area (Å²) in [4.78, 5) is 4.58. The number of nitrogens with one attached hydrogen (secondary N) is 1. The first-order valence-electron chi connectivity index (χ1n) is 8.03. The van der Waals surface area contributed by atoms with Gasteiger partial charge in [-0.25, -0.2) is 0 Å². The van der Waals surface area contributed by atoms with Crippen LogP contribution < -0.4 is 5.32 Å². The molecule has 2 atom stereocenters. The summed E-state index contributed by atoms with van der Waals surface area (Å²) in [7, 11) is 0. The second-order valence-corrected chi connectivity index (χ2v) is 6.01. The lowest BCUT2D eigenvalue weighted by atomic mass is 9.96. The summed E-state index contributed by atoms with van der Waals surface area (Å²) >= 11 is 0. The van der Waals surface area contributed by atoms with E-state index in [-0.39, 0.29) is 18.4 Å². The molecule has 4 nitrogen and oxygen atoms in total. The number of benzene rings is 2. The fourth-order valence-corrected chi connectivity index (χ4v) is 3.16. The Morgan fingerprint density at radius 2 is 1.71 bits per heavy atom. The molecule has 1 N–H and O–H groups in total. The average Bonchev–Trinajstić information content (AvgIpc) is 3.26. The Hall–Kier alpha value is -2.17. The van der Waals surface area contributed by atoms with Gasteiger partial charge >= 0.3 is 0 Å². The van der Waals surface area contributed by atoms with E-state index in [0.717, 1.165) is 18.8 Å². The minimum Gasteiger partial charge on any atom is -0.339 e. The van der Waals surface area contributed by atoms with Crippen LogP contribution in [0.4, 0.5) is 0 Å². The van der Waals surface area contributed by atoms with Crippen molar-refractivity contribution in [2.45, 2.75) is 24.8 Å². The zero-order valence-corrected chi connectivity index (χ0v) is 14.1. The highest BCUT2D eigenvalue weighted by Crippen LogP contribution is 2.32. The molecule has 0 saturated carbocycles. The summed E-state index contributed by atoms with van der Waals surface area (Å²) in [5, 5.41) is 7.69. The predicted octanol–water partition coefficient (Wildman–Crippen LogP) is 3.90. The van der Waals surface area contributed by atoms with Crippen LogP contribution in [0.15, 0.2) is 65.2 Å².